The van der Waals surface area contributed by atoms with Gasteiger partial charge in [0, 0.05) is 12.5 Å². The first-order valence-corrected chi connectivity index (χ1v) is 6.67. The molecular formula is C13H26N2O3. The number of hydrogen-bond acceptors (Lipinski definition) is 4. The van der Waals surface area contributed by atoms with Crippen LogP contribution in [0.2, 0.25) is 0 Å². The molecule has 0 aliphatic carbocycles. The lowest BCUT2D eigenvalue weighted by Gasteiger charge is -2.16. The molecule has 0 aromatic rings. The maximum Gasteiger partial charge on any atom is 0.308 e. The number of hydrogen-bond donors (Lipinski definition) is 2. The lowest BCUT2D eigenvalue weighted by Crippen LogP contribution is -2.26. The maximum absolute atomic E-state index is 11.8. The number of esters is 1. The zero-order chi connectivity index (χ0) is 14.0. The van der Waals surface area contributed by atoms with E-state index >= 15 is 0 Å². The summed E-state index contributed by atoms with van der Waals surface area (Å²) < 4.78 is 5.14. The molecule has 0 rings (SSSR count). The molecule has 0 aromatic heterocycles. The number of nitrogens with one attached hydrogen (secondary N) is 1. The first-order chi connectivity index (χ1) is 8.56. The Morgan fingerprint density at radius 3 is 2.17 bits per heavy atom. The second-order valence-electron chi connectivity index (χ2n) is 4.46. The van der Waals surface area contributed by atoms with Crippen molar-refractivity contribution in [2.24, 2.45) is 17.6 Å². The van der Waals surface area contributed by atoms with Crippen LogP contribution in [0.4, 0.5) is 0 Å². The minimum atomic E-state index is -0.282. The Labute approximate surface area is 109 Å². The number of primary amides is 1. The molecule has 106 valence electrons. The average Bonchev–Trinajstić information content (AvgIpc) is 2.34. The molecule has 0 radical (unpaired) electrons. The highest BCUT2D eigenvalue weighted by molar-refractivity contribution is 5.76. The van der Waals surface area contributed by atoms with Gasteiger partial charge in [0.05, 0.1) is 5.92 Å². The van der Waals surface area contributed by atoms with Gasteiger partial charge in [0.25, 0.3) is 0 Å². The number of ether oxygens (including phenoxy) is 1. The van der Waals surface area contributed by atoms with Gasteiger partial charge >= 0.3 is 5.97 Å². The van der Waals surface area contributed by atoms with Crippen LogP contribution in [0.1, 0.15) is 39.5 Å². The van der Waals surface area contributed by atoms with Crippen LogP contribution in [0.25, 0.3) is 0 Å². The quantitative estimate of drug-likeness (QED) is 0.453. The lowest BCUT2D eigenvalue weighted by atomic mass is 9.92. The molecule has 0 heterocycles. The van der Waals surface area contributed by atoms with Gasteiger partial charge in [-0.1, -0.05) is 13.8 Å². The molecule has 0 bridgehead atoms. The highest BCUT2D eigenvalue weighted by atomic mass is 16.5. The smallest absolute Gasteiger partial charge is 0.308 e. The van der Waals surface area contributed by atoms with Crippen molar-refractivity contribution in [1.29, 1.82) is 0 Å². The standard InChI is InChI=1S/C13H26N2O3/c1-4-10(12(14)16)6-7-11(5-2)13(17)18-9-8-15-3/h10-11,15H,4-9H2,1-3H3,(H2,14,16). The second-order valence-corrected chi connectivity index (χ2v) is 4.46. The highest BCUT2D eigenvalue weighted by Gasteiger charge is 2.21. The van der Waals surface area contributed by atoms with Crippen molar-refractivity contribution in [2.45, 2.75) is 39.5 Å². The van der Waals surface area contributed by atoms with Gasteiger partial charge in [-0.2, -0.15) is 0 Å². The summed E-state index contributed by atoms with van der Waals surface area (Å²) in [7, 11) is 1.81. The molecule has 0 saturated heterocycles. The van der Waals surface area contributed by atoms with E-state index in [1.54, 1.807) is 0 Å². The normalized spacial score (nSPS) is 13.9. The molecule has 0 aliphatic rings. The molecule has 0 aliphatic heterocycles. The van der Waals surface area contributed by atoms with E-state index in [0.29, 0.717) is 26.0 Å². The number of carbonyl (C=O) groups excluding carboxylic acids is 2. The molecule has 0 saturated carbocycles. The maximum atomic E-state index is 11.8. The molecule has 5 heteroatoms. The van der Waals surface area contributed by atoms with Crippen molar-refractivity contribution in [2.75, 3.05) is 20.2 Å². The van der Waals surface area contributed by atoms with Crippen molar-refractivity contribution >= 4 is 11.9 Å². The predicted octanol–water partition coefficient (Wildman–Crippen LogP) is 1.07. The predicted molar refractivity (Wildman–Crippen MR) is 70.9 cm³/mol. The minimum absolute atomic E-state index is 0.129. The zero-order valence-corrected chi connectivity index (χ0v) is 11.7. The van der Waals surface area contributed by atoms with E-state index < -0.39 is 0 Å². The summed E-state index contributed by atoms with van der Waals surface area (Å²) in [5.41, 5.74) is 5.29. The summed E-state index contributed by atoms with van der Waals surface area (Å²) >= 11 is 0. The van der Waals surface area contributed by atoms with E-state index in [1.165, 1.54) is 0 Å². The third kappa shape index (κ3) is 6.59. The van der Waals surface area contributed by atoms with Gasteiger partial charge in [-0.25, -0.2) is 0 Å². The molecule has 1 amide bonds. The van der Waals surface area contributed by atoms with Gasteiger partial charge in [-0.15, -0.1) is 0 Å². The molecule has 18 heavy (non-hydrogen) atoms. The Morgan fingerprint density at radius 2 is 1.72 bits per heavy atom. The lowest BCUT2D eigenvalue weighted by molar-refractivity contribution is -0.149. The fourth-order valence-corrected chi connectivity index (χ4v) is 1.81. The van der Waals surface area contributed by atoms with E-state index in [1.807, 2.05) is 20.9 Å². The van der Waals surface area contributed by atoms with Gasteiger partial charge in [0.15, 0.2) is 0 Å². The monoisotopic (exact) mass is 258 g/mol. The zero-order valence-electron chi connectivity index (χ0n) is 11.7. The Kier molecular flexibility index (Phi) is 9.28. The molecule has 0 fully saturated rings. The topological polar surface area (TPSA) is 81.4 Å². The number of carbonyl (C=O) groups is 2. The van der Waals surface area contributed by atoms with Crippen LogP contribution in [-0.4, -0.2) is 32.1 Å². The highest BCUT2D eigenvalue weighted by Crippen LogP contribution is 2.19. The fraction of sp³-hybridized carbons (Fsp3) is 0.846. The Morgan fingerprint density at radius 1 is 1.17 bits per heavy atom. The summed E-state index contributed by atoms with van der Waals surface area (Å²) in [6, 6.07) is 0. The first-order valence-electron chi connectivity index (χ1n) is 6.67. The molecule has 5 nitrogen and oxygen atoms in total. The Hall–Kier alpha value is -1.10. The van der Waals surface area contributed by atoms with E-state index in [-0.39, 0.29) is 23.7 Å². The van der Waals surface area contributed by atoms with Crippen LogP contribution in [0.5, 0.6) is 0 Å². The largest absolute Gasteiger partial charge is 0.464 e. The van der Waals surface area contributed by atoms with Crippen molar-refractivity contribution in [3.63, 3.8) is 0 Å². The summed E-state index contributed by atoms with van der Waals surface area (Å²) in [5.74, 6) is -0.720. The molecule has 2 unspecified atom stereocenters. The van der Waals surface area contributed by atoms with Gasteiger partial charge in [-0.05, 0) is 32.7 Å². The van der Waals surface area contributed by atoms with Crippen LogP contribution >= 0.6 is 0 Å². The van der Waals surface area contributed by atoms with Gasteiger partial charge in [-0.3, -0.25) is 9.59 Å². The van der Waals surface area contributed by atoms with E-state index in [0.717, 1.165) is 12.8 Å². The van der Waals surface area contributed by atoms with Crippen molar-refractivity contribution < 1.29 is 14.3 Å². The van der Waals surface area contributed by atoms with Crippen molar-refractivity contribution in [3.8, 4) is 0 Å². The van der Waals surface area contributed by atoms with Crippen LogP contribution in [-0.2, 0) is 14.3 Å². The van der Waals surface area contributed by atoms with Crippen LogP contribution in [0.15, 0.2) is 0 Å². The van der Waals surface area contributed by atoms with Gasteiger partial charge in [0.2, 0.25) is 5.91 Å². The number of amides is 1. The van der Waals surface area contributed by atoms with Crippen molar-refractivity contribution in [1.82, 2.24) is 5.32 Å². The van der Waals surface area contributed by atoms with Crippen LogP contribution in [0.3, 0.4) is 0 Å². The summed E-state index contributed by atoms with van der Waals surface area (Å²) in [5, 5.41) is 2.92. The Bertz CT molecular complexity index is 257. The van der Waals surface area contributed by atoms with Crippen molar-refractivity contribution in [3.05, 3.63) is 0 Å². The third-order valence-electron chi connectivity index (χ3n) is 3.18. The number of rotatable bonds is 10. The number of nitrogens with two attached hydrogens (primary N) is 1. The van der Waals surface area contributed by atoms with E-state index in [4.69, 9.17) is 10.5 Å². The van der Waals surface area contributed by atoms with E-state index in [2.05, 4.69) is 5.32 Å². The van der Waals surface area contributed by atoms with Crippen LogP contribution < -0.4 is 11.1 Å². The first kappa shape index (κ1) is 16.9. The summed E-state index contributed by atoms with van der Waals surface area (Å²) in [6.45, 7) is 4.93. The van der Waals surface area contributed by atoms with Gasteiger partial charge in [0.1, 0.15) is 6.61 Å². The van der Waals surface area contributed by atoms with Crippen LogP contribution in [0, 0.1) is 11.8 Å². The average molecular weight is 258 g/mol. The summed E-state index contributed by atoms with van der Waals surface area (Å²) in [6.07, 6.45) is 2.77. The third-order valence-corrected chi connectivity index (χ3v) is 3.18. The fourth-order valence-electron chi connectivity index (χ4n) is 1.81. The molecule has 2 atom stereocenters. The second kappa shape index (κ2) is 9.88. The van der Waals surface area contributed by atoms with E-state index in [9.17, 15) is 9.59 Å². The SMILES string of the molecule is CCC(CCC(CC)C(=O)OCCNC)C(N)=O. The minimum Gasteiger partial charge on any atom is -0.464 e. The Balaban J connectivity index is 4.08. The molecule has 0 spiro atoms. The molecule has 3 N–H and O–H groups in total. The number of likely N-dealkylation sites (N-methyl/N-ethyl adjacent to an activating group) is 1. The molecular weight excluding hydrogens is 232 g/mol. The summed E-state index contributed by atoms with van der Waals surface area (Å²) in [4.78, 5) is 22.9. The molecule has 0 aromatic carbocycles. The van der Waals surface area contributed by atoms with Gasteiger partial charge < -0.3 is 15.8 Å².